The summed E-state index contributed by atoms with van der Waals surface area (Å²) in [6.45, 7) is 0.494. The van der Waals surface area contributed by atoms with Crippen molar-refractivity contribution >= 4 is 34.0 Å². The highest BCUT2D eigenvalue weighted by molar-refractivity contribution is 7.18. The molecule has 0 amide bonds. The highest BCUT2D eigenvalue weighted by Crippen LogP contribution is 2.35. The Bertz CT molecular complexity index is 616. The number of hydrogen-bond acceptors (Lipinski definition) is 4. The lowest BCUT2D eigenvalue weighted by Gasteiger charge is -2.05. The Balaban J connectivity index is 0.00000147. The van der Waals surface area contributed by atoms with Gasteiger partial charge in [-0.2, -0.15) is 13.2 Å². The third-order valence-electron chi connectivity index (χ3n) is 3.14. The molecular weight excluding hydrogens is 313 g/mol. The smallest absolute Gasteiger partial charge is 0.392 e. The molecule has 2 aromatic rings. The number of nitrogens with one attached hydrogen (secondary N) is 1. The van der Waals surface area contributed by atoms with Gasteiger partial charge in [-0.1, -0.05) is 0 Å². The molecule has 20 heavy (non-hydrogen) atoms. The van der Waals surface area contributed by atoms with Gasteiger partial charge in [0.1, 0.15) is 5.01 Å². The van der Waals surface area contributed by atoms with Gasteiger partial charge in [-0.25, -0.2) is 4.98 Å². The molecule has 2 N–H and O–H groups in total. The molecule has 0 radical (unpaired) electrons. The molecule has 0 bridgehead atoms. The van der Waals surface area contributed by atoms with Crippen molar-refractivity contribution in [2.75, 3.05) is 6.54 Å². The molecule has 1 aliphatic heterocycles. The van der Waals surface area contributed by atoms with Gasteiger partial charge in [0.15, 0.2) is 0 Å². The van der Waals surface area contributed by atoms with Gasteiger partial charge in [0.25, 0.3) is 0 Å². The Morgan fingerprint density at radius 2 is 2.10 bits per heavy atom. The third-order valence-corrected chi connectivity index (χ3v) is 4.29. The predicted octanol–water partition coefficient (Wildman–Crippen LogP) is 3.13. The van der Waals surface area contributed by atoms with Crippen LogP contribution in [-0.4, -0.2) is 22.7 Å². The minimum atomic E-state index is -4.35. The number of β-amino-alcohol motifs (C(OH)–C–C–N with tert-alkyl or cyclic N) is 1. The second kappa shape index (κ2) is 5.48. The fraction of sp³-hybridized carbons (Fsp3) is 0.417. The van der Waals surface area contributed by atoms with E-state index in [0.717, 1.165) is 21.8 Å². The second-order valence-corrected chi connectivity index (χ2v) is 5.64. The zero-order valence-corrected chi connectivity index (χ0v) is 11.8. The van der Waals surface area contributed by atoms with Crippen LogP contribution in [0.5, 0.6) is 0 Å². The number of thiazole rings is 1. The number of alkyl halides is 3. The summed E-state index contributed by atoms with van der Waals surface area (Å²) in [5.74, 6) is 0. The molecule has 110 valence electrons. The summed E-state index contributed by atoms with van der Waals surface area (Å²) in [5.41, 5.74) is -0.325. The molecule has 0 aliphatic carbocycles. The maximum atomic E-state index is 12.6. The van der Waals surface area contributed by atoms with Crippen molar-refractivity contribution in [3.05, 3.63) is 28.8 Å². The first-order valence-corrected chi connectivity index (χ1v) is 6.64. The highest BCUT2D eigenvalue weighted by Gasteiger charge is 2.31. The summed E-state index contributed by atoms with van der Waals surface area (Å²) in [6.07, 6.45) is -4.21. The van der Waals surface area contributed by atoms with Crippen molar-refractivity contribution in [3.8, 4) is 0 Å². The van der Waals surface area contributed by atoms with E-state index < -0.39 is 17.8 Å². The van der Waals surface area contributed by atoms with Crippen LogP contribution in [0.15, 0.2) is 18.2 Å². The summed E-state index contributed by atoms with van der Waals surface area (Å²) in [4.78, 5) is 4.25. The zero-order chi connectivity index (χ0) is 13.6. The van der Waals surface area contributed by atoms with Gasteiger partial charge >= 0.3 is 6.18 Å². The number of fused-ring (bicyclic) bond motifs is 1. The molecule has 1 fully saturated rings. The molecule has 2 heterocycles. The van der Waals surface area contributed by atoms with Crippen molar-refractivity contribution < 1.29 is 18.3 Å². The number of hydrogen-bond donors (Lipinski definition) is 2. The minimum Gasteiger partial charge on any atom is -0.392 e. The Morgan fingerprint density at radius 3 is 2.70 bits per heavy atom. The van der Waals surface area contributed by atoms with E-state index in [4.69, 9.17) is 0 Å². The van der Waals surface area contributed by atoms with Gasteiger partial charge in [-0.3, -0.25) is 0 Å². The van der Waals surface area contributed by atoms with E-state index >= 15 is 0 Å². The summed E-state index contributed by atoms with van der Waals surface area (Å²) < 4.78 is 38.5. The number of aliphatic hydroxyl groups is 1. The van der Waals surface area contributed by atoms with Gasteiger partial charge in [0.2, 0.25) is 0 Å². The van der Waals surface area contributed by atoms with Crippen molar-refractivity contribution in [2.24, 2.45) is 0 Å². The SMILES string of the molecule is Cl.O[C@H]1CN[C@H](c2nc3cc(C(F)(F)F)ccc3s2)C1. The van der Waals surface area contributed by atoms with Crippen LogP contribution in [0.25, 0.3) is 10.2 Å². The Hall–Kier alpha value is -0.890. The Labute approximate surface area is 123 Å². The molecule has 0 saturated carbocycles. The number of aliphatic hydroxyl groups excluding tert-OH is 1. The van der Waals surface area contributed by atoms with Crippen LogP contribution >= 0.6 is 23.7 Å². The largest absolute Gasteiger partial charge is 0.416 e. The summed E-state index contributed by atoms with van der Waals surface area (Å²) in [6, 6.07) is 3.52. The lowest BCUT2D eigenvalue weighted by atomic mass is 10.2. The average Bonchev–Trinajstić information content (AvgIpc) is 2.92. The van der Waals surface area contributed by atoms with Gasteiger partial charge < -0.3 is 10.4 Å². The van der Waals surface area contributed by atoms with E-state index in [1.54, 1.807) is 0 Å². The fourth-order valence-corrected chi connectivity index (χ4v) is 3.21. The standard InChI is InChI=1S/C12H11F3N2OS.ClH/c13-12(14,15)6-1-2-10-8(3-6)17-11(19-10)9-4-7(18)5-16-9;/h1-3,7,9,16,18H,4-5H2;1H/t7-,9+;/m1./s1. The Kier molecular flexibility index (Phi) is 4.24. The molecule has 3 rings (SSSR count). The molecule has 3 nitrogen and oxygen atoms in total. The summed E-state index contributed by atoms with van der Waals surface area (Å²) in [7, 11) is 0. The van der Waals surface area contributed by atoms with Crippen LogP contribution in [0.3, 0.4) is 0 Å². The van der Waals surface area contributed by atoms with Crippen LogP contribution in [0, 0.1) is 0 Å². The number of halogens is 4. The molecule has 1 aromatic carbocycles. The van der Waals surface area contributed by atoms with Crippen LogP contribution < -0.4 is 5.32 Å². The van der Waals surface area contributed by atoms with Crippen molar-refractivity contribution in [2.45, 2.75) is 24.7 Å². The topological polar surface area (TPSA) is 45.1 Å². The molecule has 1 saturated heterocycles. The number of benzene rings is 1. The van der Waals surface area contributed by atoms with Gasteiger partial charge in [0, 0.05) is 6.54 Å². The van der Waals surface area contributed by atoms with E-state index in [1.807, 2.05) is 0 Å². The van der Waals surface area contributed by atoms with Crippen LogP contribution in [-0.2, 0) is 6.18 Å². The van der Waals surface area contributed by atoms with E-state index in [0.29, 0.717) is 18.5 Å². The van der Waals surface area contributed by atoms with E-state index in [-0.39, 0.29) is 18.4 Å². The normalized spacial score (nSPS) is 23.0. The van der Waals surface area contributed by atoms with Crippen LogP contribution in [0.1, 0.15) is 23.0 Å². The number of rotatable bonds is 1. The van der Waals surface area contributed by atoms with Gasteiger partial charge in [-0.15, -0.1) is 23.7 Å². The van der Waals surface area contributed by atoms with E-state index in [2.05, 4.69) is 10.3 Å². The maximum Gasteiger partial charge on any atom is 0.416 e. The van der Waals surface area contributed by atoms with Gasteiger partial charge in [0.05, 0.1) is 27.9 Å². The molecule has 2 atom stereocenters. The Morgan fingerprint density at radius 1 is 1.35 bits per heavy atom. The molecule has 1 aromatic heterocycles. The summed E-state index contributed by atoms with van der Waals surface area (Å²) >= 11 is 1.36. The van der Waals surface area contributed by atoms with E-state index in [1.165, 1.54) is 17.4 Å². The molecule has 1 aliphatic rings. The highest BCUT2D eigenvalue weighted by atomic mass is 35.5. The second-order valence-electron chi connectivity index (χ2n) is 4.58. The molecule has 0 unspecified atom stereocenters. The van der Waals surface area contributed by atoms with Crippen LogP contribution in [0.2, 0.25) is 0 Å². The molecular formula is C12H12ClF3N2OS. The molecule has 0 spiro atoms. The summed E-state index contributed by atoms with van der Waals surface area (Å²) in [5, 5.41) is 13.3. The minimum absolute atomic E-state index is 0. The first kappa shape index (κ1) is 15.5. The lowest BCUT2D eigenvalue weighted by molar-refractivity contribution is -0.137. The van der Waals surface area contributed by atoms with Crippen molar-refractivity contribution in [3.63, 3.8) is 0 Å². The van der Waals surface area contributed by atoms with Crippen molar-refractivity contribution in [1.82, 2.24) is 10.3 Å². The predicted molar refractivity (Wildman–Crippen MR) is 73.2 cm³/mol. The third kappa shape index (κ3) is 2.90. The van der Waals surface area contributed by atoms with E-state index in [9.17, 15) is 18.3 Å². The zero-order valence-electron chi connectivity index (χ0n) is 10.1. The number of nitrogens with zero attached hydrogens (tertiary/aromatic N) is 1. The average molecular weight is 325 g/mol. The number of aromatic nitrogens is 1. The van der Waals surface area contributed by atoms with Crippen LogP contribution in [0.4, 0.5) is 13.2 Å². The van der Waals surface area contributed by atoms with Crippen molar-refractivity contribution in [1.29, 1.82) is 0 Å². The lowest BCUT2D eigenvalue weighted by Crippen LogP contribution is -2.14. The van der Waals surface area contributed by atoms with Gasteiger partial charge in [-0.05, 0) is 24.6 Å². The quantitative estimate of drug-likeness (QED) is 0.847. The maximum absolute atomic E-state index is 12.6. The first-order chi connectivity index (χ1) is 8.93. The molecule has 8 heteroatoms. The fourth-order valence-electron chi connectivity index (χ4n) is 2.18. The monoisotopic (exact) mass is 324 g/mol. The first-order valence-electron chi connectivity index (χ1n) is 5.82.